The molecule has 0 aliphatic carbocycles. The van der Waals surface area contributed by atoms with Crippen molar-refractivity contribution in [2.45, 2.75) is 6.92 Å². The summed E-state index contributed by atoms with van der Waals surface area (Å²) in [6.45, 7) is 2.88. The van der Waals surface area contributed by atoms with E-state index in [4.69, 9.17) is 0 Å². The summed E-state index contributed by atoms with van der Waals surface area (Å²) < 4.78 is 0. The Balaban J connectivity index is 3.04. The molecular weight excluding hydrogens is 112 g/mol. The quantitative estimate of drug-likeness (QED) is 0.583. The third-order valence-electron chi connectivity index (χ3n) is 0.799. The van der Waals surface area contributed by atoms with Gasteiger partial charge in [0.05, 0.1) is 0 Å². The molecule has 2 heteroatoms. The van der Waals surface area contributed by atoms with E-state index in [-0.39, 0.29) is 0 Å². The Hall–Kier alpha value is -0.760. The van der Waals surface area contributed by atoms with E-state index < -0.39 is 0 Å². The van der Waals surface area contributed by atoms with Gasteiger partial charge in [-0.05, 0) is 26.4 Å². The number of hydrogen-bond donors (Lipinski definition) is 2. The molecule has 52 valence electrons. The van der Waals surface area contributed by atoms with E-state index in [1.807, 2.05) is 38.5 Å². The molecule has 0 aromatic carbocycles. The van der Waals surface area contributed by atoms with Crippen LogP contribution in [0, 0.1) is 0 Å². The number of rotatable bonds is 4. The lowest BCUT2D eigenvalue weighted by Gasteiger charge is -1.88. The topological polar surface area (TPSA) is 24.1 Å². The van der Waals surface area contributed by atoms with Gasteiger partial charge in [-0.25, -0.2) is 0 Å². The van der Waals surface area contributed by atoms with Crippen LogP contribution in [-0.4, -0.2) is 13.6 Å². The van der Waals surface area contributed by atoms with E-state index in [9.17, 15) is 0 Å². The van der Waals surface area contributed by atoms with E-state index in [0.717, 1.165) is 6.54 Å². The van der Waals surface area contributed by atoms with Crippen molar-refractivity contribution in [1.82, 2.24) is 10.6 Å². The maximum absolute atomic E-state index is 2.99. The van der Waals surface area contributed by atoms with Crippen LogP contribution in [-0.2, 0) is 0 Å². The van der Waals surface area contributed by atoms with Crippen LogP contribution in [0.5, 0.6) is 0 Å². The molecule has 0 amide bonds. The summed E-state index contributed by atoms with van der Waals surface area (Å²) in [7, 11) is 1.92. The van der Waals surface area contributed by atoms with Gasteiger partial charge in [0.25, 0.3) is 0 Å². The fraction of sp³-hybridized carbons (Fsp3) is 0.429. The van der Waals surface area contributed by atoms with Crippen LogP contribution in [0.4, 0.5) is 0 Å². The average molecular weight is 126 g/mol. The van der Waals surface area contributed by atoms with Gasteiger partial charge in [0.15, 0.2) is 0 Å². The zero-order chi connectivity index (χ0) is 6.95. The van der Waals surface area contributed by atoms with E-state index in [2.05, 4.69) is 10.6 Å². The van der Waals surface area contributed by atoms with Gasteiger partial charge in [-0.15, -0.1) is 0 Å². The van der Waals surface area contributed by atoms with Crippen molar-refractivity contribution in [3.63, 3.8) is 0 Å². The monoisotopic (exact) mass is 126 g/mol. The molecule has 2 N–H and O–H groups in total. The van der Waals surface area contributed by atoms with Gasteiger partial charge >= 0.3 is 0 Å². The maximum atomic E-state index is 2.99. The largest absolute Gasteiger partial charge is 0.368 e. The van der Waals surface area contributed by atoms with Crippen molar-refractivity contribution in [1.29, 1.82) is 0 Å². The molecule has 0 radical (unpaired) electrons. The predicted molar refractivity (Wildman–Crippen MR) is 41.0 cm³/mol. The minimum absolute atomic E-state index is 0.907. The van der Waals surface area contributed by atoms with Crippen LogP contribution in [0.15, 0.2) is 24.6 Å². The average Bonchev–Trinajstić information content (AvgIpc) is 1.89. The molecule has 0 aliphatic heterocycles. The Morgan fingerprint density at radius 2 is 2.11 bits per heavy atom. The van der Waals surface area contributed by atoms with Crippen molar-refractivity contribution in [2.24, 2.45) is 0 Å². The second kappa shape index (κ2) is 7.24. The van der Waals surface area contributed by atoms with Crippen molar-refractivity contribution in [3.05, 3.63) is 24.6 Å². The first-order valence-corrected chi connectivity index (χ1v) is 3.08. The van der Waals surface area contributed by atoms with Crippen LogP contribution in [0.25, 0.3) is 0 Å². The van der Waals surface area contributed by atoms with E-state index >= 15 is 0 Å². The molecule has 0 aliphatic rings. The van der Waals surface area contributed by atoms with E-state index in [1.165, 1.54) is 0 Å². The minimum atomic E-state index is 0.907. The molecule has 0 fully saturated rings. The number of allylic oxidation sites excluding steroid dienone is 1. The van der Waals surface area contributed by atoms with Crippen molar-refractivity contribution in [2.75, 3.05) is 13.6 Å². The fourth-order valence-corrected chi connectivity index (χ4v) is 0.397. The molecule has 2 nitrogen and oxygen atoms in total. The van der Waals surface area contributed by atoms with Gasteiger partial charge in [-0.2, -0.15) is 0 Å². The first-order valence-electron chi connectivity index (χ1n) is 3.08. The summed E-state index contributed by atoms with van der Waals surface area (Å²) in [4.78, 5) is 0. The van der Waals surface area contributed by atoms with Gasteiger partial charge in [-0.3, -0.25) is 0 Å². The molecule has 0 unspecified atom stereocenters. The highest BCUT2D eigenvalue weighted by molar-refractivity contribution is 4.87. The van der Waals surface area contributed by atoms with Gasteiger partial charge in [0, 0.05) is 6.54 Å². The lowest BCUT2D eigenvalue weighted by atomic mass is 10.6. The molecule has 0 atom stereocenters. The van der Waals surface area contributed by atoms with Gasteiger partial charge in [0.1, 0.15) is 0 Å². The summed E-state index contributed by atoms with van der Waals surface area (Å²) in [6.07, 6.45) is 7.74. The Kier molecular flexibility index (Phi) is 6.63. The summed E-state index contributed by atoms with van der Waals surface area (Å²) in [5.41, 5.74) is 0. The molecule has 9 heavy (non-hydrogen) atoms. The molecule has 0 aromatic heterocycles. The molecule has 0 bridgehead atoms. The molecular formula is C7H14N2. The van der Waals surface area contributed by atoms with Crippen LogP contribution < -0.4 is 10.6 Å². The zero-order valence-electron chi connectivity index (χ0n) is 6.02. The van der Waals surface area contributed by atoms with Crippen LogP contribution in [0.2, 0.25) is 0 Å². The minimum Gasteiger partial charge on any atom is -0.368 e. The number of hydrogen-bond acceptors (Lipinski definition) is 2. The third-order valence-corrected chi connectivity index (χ3v) is 0.799. The van der Waals surface area contributed by atoms with Crippen LogP contribution >= 0.6 is 0 Å². The van der Waals surface area contributed by atoms with Crippen molar-refractivity contribution in [3.8, 4) is 0 Å². The highest BCUT2D eigenvalue weighted by Crippen LogP contribution is 1.65. The summed E-state index contributed by atoms with van der Waals surface area (Å²) in [5.74, 6) is 0. The first-order chi connectivity index (χ1) is 4.41. The lowest BCUT2D eigenvalue weighted by molar-refractivity contribution is 0.913. The highest BCUT2D eigenvalue weighted by Gasteiger charge is 1.66. The van der Waals surface area contributed by atoms with Crippen LogP contribution in [0.3, 0.4) is 0 Å². The summed E-state index contributed by atoms with van der Waals surface area (Å²) in [5, 5.41) is 5.96. The van der Waals surface area contributed by atoms with Crippen LogP contribution in [0.1, 0.15) is 6.92 Å². The summed E-state index contributed by atoms with van der Waals surface area (Å²) >= 11 is 0. The highest BCUT2D eigenvalue weighted by atomic mass is 14.8. The van der Waals surface area contributed by atoms with E-state index in [0.29, 0.717) is 0 Å². The summed E-state index contributed by atoms with van der Waals surface area (Å²) in [6, 6.07) is 0. The second-order valence-corrected chi connectivity index (χ2v) is 1.63. The Morgan fingerprint density at radius 3 is 2.67 bits per heavy atom. The predicted octanol–water partition coefficient (Wildman–Crippen LogP) is 0.843. The Bertz CT molecular complexity index is 95.1. The molecule has 0 saturated carbocycles. The Morgan fingerprint density at radius 1 is 1.33 bits per heavy atom. The smallest absolute Gasteiger partial charge is 0.0149 e. The van der Waals surface area contributed by atoms with Crippen molar-refractivity contribution < 1.29 is 0 Å². The Labute approximate surface area is 56.6 Å². The van der Waals surface area contributed by atoms with Gasteiger partial charge in [0.2, 0.25) is 0 Å². The number of nitrogens with one attached hydrogen (secondary N) is 2. The second-order valence-electron chi connectivity index (χ2n) is 1.63. The standard InChI is InChI=1S/C7H14N2/c1-3-5-9-7-4-6-8-2/h3-5,7-9H,6H2,1-2H3/b5-3+,7-4-. The third kappa shape index (κ3) is 7.24. The van der Waals surface area contributed by atoms with Gasteiger partial charge < -0.3 is 10.6 Å². The SMILES string of the molecule is C/C=C/N/C=C\CNC. The first kappa shape index (κ1) is 8.24. The molecule has 0 spiro atoms. The zero-order valence-corrected chi connectivity index (χ0v) is 6.02. The van der Waals surface area contributed by atoms with Gasteiger partial charge in [-0.1, -0.05) is 12.2 Å². The fourth-order valence-electron chi connectivity index (χ4n) is 0.397. The molecule has 0 saturated heterocycles. The number of likely N-dealkylation sites (N-methyl/N-ethyl adjacent to an activating group) is 1. The molecule has 0 rings (SSSR count). The molecule has 0 aromatic rings. The van der Waals surface area contributed by atoms with E-state index in [1.54, 1.807) is 0 Å². The molecule has 0 heterocycles. The lowest BCUT2D eigenvalue weighted by Crippen LogP contribution is -2.05. The van der Waals surface area contributed by atoms with Crippen molar-refractivity contribution >= 4 is 0 Å². The maximum Gasteiger partial charge on any atom is 0.0149 e. The normalized spacial score (nSPS) is 11.3.